The van der Waals surface area contributed by atoms with Crippen LogP contribution in [0.3, 0.4) is 0 Å². The molecule has 0 spiro atoms. The van der Waals surface area contributed by atoms with Crippen molar-refractivity contribution in [3.63, 3.8) is 0 Å². The van der Waals surface area contributed by atoms with E-state index in [1.807, 2.05) is 61.5 Å². The molecule has 8 heteroatoms. The Morgan fingerprint density at radius 2 is 1.92 bits per heavy atom. The molecule has 0 radical (unpaired) electrons. The normalized spacial score (nSPS) is 21.3. The van der Waals surface area contributed by atoms with E-state index in [0.29, 0.717) is 29.4 Å². The molecule has 0 saturated carbocycles. The van der Waals surface area contributed by atoms with Crippen LogP contribution in [0.2, 0.25) is 0 Å². The number of amides is 1. The number of hydrogen-bond acceptors (Lipinski definition) is 6. The number of hydrogen-bond donors (Lipinski definition) is 2. The first-order valence-electron chi connectivity index (χ1n) is 12.5. The zero-order valence-corrected chi connectivity index (χ0v) is 21.5. The van der Waals surface area contributed by atoms with Gasteiger partial charge < -0.3 is 14.6 Å². The molecule has 2 aliphatic rings. The van der Waals surface area contributed by atoms with Gasteiger partial charge in [-0.1, -0.05) is 49.4 Å². The number of benzene rings is 2. The van der Waals surface area contributed by atoms with E-state index < -0.39 is 16.6 Å². The lowest BCUT2D eigenvalue weighted by Crippen LogP contribution is -2.33. The molecule has 3 aromatic rings. The van der Waals surface area contributed by atoms with Gasteiger partial charge in [-0.2, -0.15) is 0 Å². The predicted octanol–water partition coefficient (Wildman–Crippen LogP) is 4.02. The Labute approximate surface area is 219 Å². The molecule has 2 N–H and O–H groups in total. The van der Waals surface area contributed by atoms with Gasteiger partial charge in [0.2, 0.25) is 0 Å². The summed E-state index contributed by atoms with van der Waals surface area (Å²) in [5, 5.41) is 9.22. The highest BCUT2D eigenvalue weighted by atomic mass is 32.2. The van der Waals surface area contributed by atoms with Crippen molar-refractivity contribution in [3.8, 4) is 5.75 Å². The lowest BCUT2D eigenvalue weighted by molar-refractivity contribution is -0.114. The number of aliphatic hydroxyl groups is 1. The number of aliphatic hydroxyl groups excluding tert-OH is 1. The molecule has 192 valence electrons. The fraction of sp³-hybridized carbons (Fsp3) is 0.310. The number of pyridine rings is 1. The Kier molecular flexibility index (Phi) is 7.50. The van der Waals surface area contributed by atoms with E-state index >= 15 is 0 Å². The first-order valence-corrected chi connectivity index (χ1v) is 13.6. The van der Waals surface area contributed by atoms with Gasteiger partial charge in [0.15, 0.2) is 16.6 Å². The average Bonchev–Trinajstić information content (AvgIpc) is 3.47. The van der Waals surface area contributed by atoms with Crippen molar-refractivity contribution in [1.29, 1.82) is 0 Å². The Morgan fingerprint density at radius 3 is 2.68 bits per heavy atom. The minimum absolute atomic E-state index is 0.155. The second kappa shape index (κ2) is 11.0. The van der Waals surface area contributed by atoms with Crippen LogP contribution in [0.5, 0.6) is 5.75 Å². The minimum Gasteiger partial charge on any atom is -0.476 e. The van der Waals surface area contributed by atoms with Gasteiger partial charge in [0, 0.05) is 31.3 Å². The zero-order chi connectivity index (χ0) is 25.8. The molecule has 5 rings (SSSR count). The quantitative estimate of drug-likeness (QED) is 0.394. The van der Waals surface area contributed by atoms with E-state index in [2.05, 4.69) is 16.9 Å². The number of rotatable bonds is 10. The van der Waals surface area contributed by atoms with Crippen LogP contribution >= 0.6 is 0 Å². The van der Waals surface area contributed by atoms with Gasteiger partial charge in [-0.15, -0.1) is 0 Å². The number of aryl methyl sites for hydroxylation is 1. The van der Waals surface area contributed by atoms with Crippen LogP contribution in [-0.4, -0.2) is 33.4 Å². The monoisotopic (exact) mass is 518 g/mol. The highest BCUT2D eigenvalue weighted by molar-refractivity contribution is 7.93. The molecule has 3 atom stereocenters. The molecule has 0 saturated heterocycles. The van der Waals surface area contributed by atoms with Gasteiger partial charge in [-0.3, -0.25) is 14.5 Å². The number of carbonyl (C=O) groups excluding carboxylic acids is 1. The minimum atomic E-state index is -1.54. The smallest absolute Gasteiger partial charge is 0.257 e. The Bertz CT molecular complexity index is 1340. The number of carbonyl (C=O) groups is 1. The molecule has 1 aromatic heterocycles. The second-order valence-corrected chi connectivity index (χ2v) is 10.7. The van der Waals surface area contributed by atoms with Crippen molar-refractivity contribution >= 4 is 21.8 Å². The first kappa shape index (κ1) is 25.3. The maximum absolute atomic E-state index is 12.1. The van der Waals surface area contributed by atoms with E-state index in [1.165, 1.54) is 11.6 Å². The molecule has 0 fully saturated rings. The molecule has 2 heterocycles. The summed E-state index contributed by atoms with van der Waals surface area (Å²) in [6.07, 6.45) is 3.77. The average molecular weight is 519 g/mol. The summed E-state index contributed by atoms with van der Waals surface area (Å²) in [7, 11) is -1.54. The first-order chi connectivity index (χ1) is 18.0. The summed E-state index contributed by atoms with van der Waals surface area (Å²) < 4.78 is 27.1. The number of fused-ring (bicyclic) bond motifs is 1. The molecule has 2 aromatic carbocycles. The van der Waals surface area contributed by atoms with Gasteiger partial charge >= 0.3 is 0 Å². The van der Waals surface area contributed by atoms with E-state index in [-0.39, 0.29) is 18.4 Å². The molecular formula is C29H30N2O5S. The van der Waals surface area contributed by atoms with E-state index in [9.17, 15) is 14.1 Å². The third kappa shape index (κ3) is 5.37. The number of aromatic nitrogens is 1. The van der Waals surface area contributed by atoms with Crippen molar-refractivity contribution in [3.05, 3.63) is 101 Å². The van der Waals surface area contributed by atoms with Crippen molar-refractivity contribution in [2.24, 2.45) is 5.92 Å². The maximum Gasteiger partial charge on any atom is 0.257 e. The van der Waals surface area contributed by atoms with Crippen LogP contribution in [0.4, 0.5) is 0 Å². The standard InChI is InChI=1S/C29H30N2O5S/c1-20(18-32)14-16-35-19-23-6-4-8-27(30-23)29(15-13-21-5-2-3-7-25(21)29)36-24-11-9-22(10-12-24)26-17-28(33)31-37(26)34/h2-12,17,20,32H,13-16,18-19H2,1H3,(H,31,33)/t20?,29-,37?/m1/s1. The zero-order valence-electron chi connectivity index (χ0n) is 20.7. The van der Waals surface area contributed by atoms with Crippen LogP contribution < -0.4 is 9.46 Å². The Morgan fingerprint density at radius 1 is 1.11 bits per heavy atom. The molecular weight excluding hydrogens is 488 g/mol. The Hall–Kier alpha value is -3.33. The fourth-order valence-corrected chi connectivity index (χ4v) is 5.68. The van der Waals surface area contributed by atoms with Gasteiger partial charge in [0.1, 0.15) is 5.75 Å². The highest BCUT2D eigenvalue weighted by Gasteiger charge is 2.44. The Balaban J connectivity index is 1.42. The van der Waals surface area contributed by atoms with Gasteiger partial charge in [0.25, 0.3) is 5.91 Å². The third-order valence-corrected chi connectivity index (χ3v) is 7.96. The van der Waals surface area contributed by atoms with E-state index in [0.717, 1.165) is 36.2 Å². The van der Waals surface area contributed by atoms with Crippen molar-refractivity contribution < 1.29 is 23.6 Å². The lowest BCUT2D eigenvalue weighted by atomic mass is 9.91. The SMILES string of the molecule is CC(CO)CCOCc1cccc([C@@]2(Oc3ccc(C4=CC(=O)NS4=O)cc3)CCc3ccccc32)n1. The summed E-state index contributed by atoms with van der Waals surface area (Å²) in [4.78, 5) is 17.0. The number of ether oxygens (including phenoxy) is 2. The largest absolute Gasteiger partial charge is 0.476 e. The van der Waals surface area contributed by atoms with E-state index in [4.69, 9.17) is 14.5 Å². The van der Waals surface area contributed by atoms with Crippen LogP contribution in [0, 0.1) is 5.92 Å². The fourth-order valence-electron chi connectivity index (χ4n) is 4.77. The number of nitrogens with one attached hydrogen (secondary N) is 1. The highest BCUT2D eigenvalue weighted by Crippen LogP contribution is 2.45. The molecule has 1 aliphatic carbocycles. The second-order valence-electron chi connectivity index (χ2n) is 9.50. The summed E-state index contributed by atoms with van der Waals surface area (Å²) in [5.41, 5.74) is 3.92. The predicted molar refractivity (Wildman–Crippen MR) is 142 cm³/mol. The molecule has 1 aliphatic heterocycles. The van der Waals surface area contributed by atoms with Gasteiger partial charge in [0.05, 0.1) is 22.9 Å². The van der Waals surface area contributed by atoms with Crippen LogP contribution in [-0.2, 0) is 39.1 Å². The molecule has 0 bridgehead atoms. The van der Waals surface area contributed by atoms with Gasteiger partial charge in [-0.25, -0.2) is 4.21 Å². The summed E-state index contributed by atoms with van der Waals surface area (Å²) >= 11 is 0. The van der Waals surface area contributed by atoms with Crippen LogP contribution in [0.1, 0.15) is 47.8 Å². The molecule has 1 amide bonds. The lowest BCUT2D eigenvalue weighted by Gasteiger charge is -2.31. The van der Waals surface area contributed by atoms with Crippen molar-refractivity contribution in [1.82, 2.24) is 9.71 Å². The van der Waals surface area contributed by atoms with Crippen molar-refractivity contribution in [2.45, 2.75) is 38.4 Å². The third-order valence-electron chi connectivity index (χ3n) is 6.82. The van der Waals surface area contributed by atoms with E-state index in [1.54, 1.807) is 0 Å². The summed E-state index contributed by atoms with van der Waals surface area (Å²) in [6.45, 7) is 3.10. The molecule has 7 nitrogen and oxygen atoms in total. The van der Waals surface area contributed by atoms with Gasteiger partial charge in [-0.05, 0) is 54.2 Å². The molecule has 37 heavy (non-hydrogen) atoms. The molecule has 2 unspecified atom stereocenters. The topological polar surface area (TPSA) is 97.7 Å². The summed E-state index contributed by atoms with van der Waals surface area (Å²) in [6, 6.07) is 21.5. The summed E-state index contributed by atoms with van der Waals surface area (Å²) in [5.74, 6) is 0.512. The van der Waals surface area contributed by atoms with Crippen molar-refractivity contribution in [2.75, 3.05) is 13.2 Å². The van der Waals surface area contributed by atoms with Crippen LogP contribution in [0.15, 0.2) is 72.8 Å². The maximum atomic E-state index is 12.1. The van der Waals surface area contributed by atoms with Crippen LogP contribution in [0.25, 0.3) is 4.91 Å². The number of nitrogens with zero attached hydrogens (tertiary/aromatic N) is 1.